The molecule has 0 aliphatic carbocycles. The monoisotopic (exact) mass is 1190 g/mol. The van der Waals surface area contributed by atoms with Crippen LogP contribution in [0.25, 0.3) is 0 Å². The van der Waals surface area contributed by atoms with Crippen LogP contribution < -0.4 is 48.7 Å². The Balaban J connectivity index is 1.80. The molecule has 0 aromatic heterocycles. The first-order chi connectivity index (χ1) is 39.4. The third-order valence-electron chi connectivity index (χ3n) is 15.3. The average Bonchev–Trinajstić information content (AvgIpc) is 3.46. The summed E-state index contributed by atoms with van der Waals surface area (Å²) in [6.45, 7) is 19.7. The minimum atomic E-state index is -1.57. The van der Waals surface area contributed by atoms with E-state index < -0.39 is 144 Å². The van der Waals surface area contributed by atoms with Crippen LogP contribution in [0, 0.1) is 29.6 Å². The maximum Gasteiger partial charge on any atom is 0.326 e. The van der Waals surface area contributed by atoms with Crippen molar-refractivity contribution >= 4 is 65.0 Å². The van der Waals surface area contributed by atoms with E-state index in [4.69, 9.17) is 11.5 Å². The molecule has 26 nitrogen and oxygen atoms in total. The summed E-state index contributed by atoms with van der Waals surface area (Å²) in [6, 6.07) is -13.0. The lowest BCUT2D eigenvalue weighted by Crippen LogP contribution is -2.61. The summed E-state index contributed by atoms with van der Waals surface area (Å²) in [5.74, 6) is -8.36. The summed E-state index contributed by atoms with van der Waals surface area (Å²) in [7, 11) is 0. The lowest BCUT2D eigenvalue weighted by Gasteiger charge is -2.33. The summed E-state index contributed by atoms with van der Waals surface area (Å²) in [4.78, 5) is 156. The van der Waals surface area contributed by atoms with E-state index in [1.54, 1.807) is 13.8 Å². The zero-order valence-electron chi connectivity index (χ0n) is 51.6. The standard InChI is InChI=1S/C58H102N12O14/c1-31(2)25-37(60)48(73)62-39(26-32(3)4)55(80)70-24-16-20-46(70)53(78)67-47(36(11)72)54(79)64-41(28-34(7)8)57(82)68-22-14-18-44(68)51(76)61-38(17-12-13-21-59)49(74)63-40(27-33(5)6)56(81)69-23-15-19-45(69)52(77)66-43(30-71)50(75)65-42(58(83)84)29-35(9)10/h31-47,71-72H,12-30,59-60H2,1-11H3,(H,61,76)(H,62,73)(H,63,74)(H,64,79)(H,65,75)(H,66,77)(H,67,78)(H,83,84)/t36-,37+,38+,39+,40+,41+,42+,43+,44+,45+,46+,47+/m1/s1. The van der Waals surface area contributed by atoms with Gasteiger partial charge in [0.1, 0.15) is 60.4 Å². The molecule has 3 aliphatic rings. The highest BCUT2D eigenvalue weighted by Gasteiger charge is 2.44. The van der Waals surface area contributed by atoms with Gasteiger partial charge in [-0.2, -0.15) is 0 Å². The van der Waals surface area contributed by atoms with Gasteiger partial charge < -0.3 is 78.7 Å². The van der Waals surface area contributed by atoms with Crippen molar-refractivity contribution < 1.29 is 68.1 Å². The molecular formula is C58H102N12O14. The van der Waals surface area contributed by atoms with Gasteiger partial charge in [0.05, 0.1) is 18.8 Å². The largest absolute Gasteiger partial charge is 0.480 e. The highest BCUT2D eigenvalue weighted by atomic mass is 16.4. The number of unbranched alkanes of at least 4 members (excludes halogenated alkanes) is 1. The highest BCUT2D eigenvalue weighted by molar-refractivity contribution is 5.99. The van der Waals surface area contributed by atoms with Crippen molar-refractivity contribution in [2.75, 3.05) is 32.8 Å². The summed E-state index contributed by atoms with van der Waals surface area (Å²) in [5, 5.41) is 49.3. The van der Waals surface area contributed by atoms with Crippen molar-refractivity contribution in [1.29, 1.82) is 0 Å². The van der Waals surface area contributed by atoms with Crippen LogP contribution in [0.5, 0.6) is 0 Å². The maximum absolute atomic E-state index is 14.6. The Morgan fingerprint density at radius 2 is 0.798 bits per heavy atom. The molecule has 0 aromatic rings. The molecule has 12 atom stereocenters. The van der Waals surface area contributed by atoms with E-state index in [-0.39, 0.29) is 107 Å². The second-order valence-corrected chi connectivity index (χ2v) is 25.2. The number of nitrogens with two attached hydrogens (primary N) is 2. The van der Waals surface area contributed by atoms with Gasteiger partial charge in [-0.3, -0.25) is 47.9 Å². The number of aliphatic carboxylic acids is 1. The third-order valence-corrected chi connectivity index (χ3v) is 15.3. The number of carbonyl (C=O) groups is 11. The topological polar surface area (TPSA) is 394 Å². The SMILES string of the molecule is CC(C)C[C@H](NC(=O)[C@H](CO)NC(=O)[C@@H]1CCCN1C(=O)[C@H](CC(C)C)NC(=O)[C@H](CCCCN)NC(=O)[C@@H]1CCCN1C(=O)[C@H](CC(C)C)NC(=O)[C@@H](NC(=O)[C@@H]1CCCN1C(=O)[C@H](CC(C)C)NC(=O)[C@@H](N)CC(C)C)[C@@H](C)O)C(=O)O. The van der Waals surface area contributed by atoms with Gasteiger partial charge in [0.25, 0.3) is 0 Å². The zero-order chi connectivity index (χ0) is 63.3. The predicted octanol–water partition coefficient (Wildman–Crippen LogP) is -0.503. The number of aliphatic hydroxyl groups is 2. The van der Waals surface area contributed by atoms with E-state index >= 15 is 0 Å². The molecule has 0 unspecified atom stereocenters. The first kappa shape index (κ1) is 72.3. The second-order valence-electron chi connectivity index (χ2n) is 25.2. The Morgan fingerprint density at radius 1 is 0.452 bits per heavy atom. The van der Waals surface area contributed by atoms with Crippen LogP contribution in [0.3, 0.4) is 0 Å². The van der Waals surface area contributed by atoms with Crippen LogP contribution in [0.2, 0.25) is 0 Å². The van der Waals surface area contributed by atoms with Crippen molar-refractivity contribution in [3.8, 4) is 0 Å². The number of carbonyl (C=O) groups excluding carboxylic acids is 10. The van der Waals surface area contributed by atoms with Crippen LogP contribution in [-0.4, -0.2) is 200 Å². The Labute approximate surface area is 495 Å². The molecule has 0 saturated carbocycles. The van der Waals surface area contributed by atoms with E-state index in [2.05, 4.69) is 37.2 Å². The van der Waals surface area contributed by atoms with Crippen molar-refractivity contribution in [2.24, 2.45) is 41.1 Å². The number of carboxylic acid groups (broad SMARTS) is 1. The van der Waals surface area contributed by atoms with Crippen molar-refractivity contribution in [1.82, 2.24) is 51.9 Å². The van der Waals surface area contributed by atoms with Crippen LogP contribution in [0.15, 0.2) is 0 Å². The fourth-order valence-corrected chi connectivity index (χ4v) is 11.1. The van der Waals surface area contributed by atoms with E-state index in [0.717, 1.165) is 0 Å². The minimum absolute atomic E-state index is 0.00843. The molecule has 0 radical (unpaired) electrons. The summed E-state index contributed by atoms with van der Waals surface area (Å²) >= 11 is 0. The Hall–Kier alpha value is -5.99. The van der Waals surface area contributed by atoms with Crippen molar-refractivity contribution in [2.45, 2.75) is 239 Å². The molecular weight excluding hydrogens is 1090 g/mol. The molecule has 14 N–H and O–H groups in total. The maximum atomic E-state index is 14.6. The van der Waals surface area contributed by atoms with Gasteiger partial charge >= 0.3 is 5.97 Å². The van der Waals surface area contributed by atoms with Gasteiger partial charge in [-0.1, -0.05) is 69.2 Å². The molecule has 84 heavy (non-hydrogen) atoms. The number of rotatable bonds is 34. The van der Waals surface area contributed by atoms with Crippen LogP contribution in [0.4, 0.5) is 0 Å². The number of likely N-dealkylation sites (tertiary alicyclic amines) is 3. The first-order valence-electron chi connectivity index (χ1n) is 30.4. The molecule has 3 aliphatic heterocycles. The zero-order valence-corrected chi connectivity index (χ0v) is 51.6. The number of nitrogens with one attached hydrogen (secondary N) is 7. The number of carboxylic acids is 1. The van der Waals surface area contributed by atoms with Crippen LogP contribution >= 0.6 is 0 Å². The number of amides is 10. The fourth-order valence-electron chi connectivity index (χ4n) is 11.1. The Morgan fingerprint density at radius 3 is 1.17 bits per heavy atom. The van der Waals surface area contributed by atoms with Gasteiger partial charge in [-0.05, 0) is 133 Å². The van der Waals surface area contributed by atoms with Crippen molar-refractivity contribution in [3.05, 3.63) is 0 Å². The summed E-state index contributed by atoms with van der Waals surface area (Å²) in [5.41, 5.74) is 12.0. The van der Waals surface area contributed by atoms with Gasteiger partial charge in [-0.15, -0.1) is 0 Å². The molecule has 0 bridgehead atoms. The Bertz CT molecular complexity index is 2250. The van der Waals surface area contributed by atoms with Gasteiger partial charge in [0, 0.05) is 19.6 Å². The summed E-state index contributed by atoms with van der Waals surface area (Å²) < 4.78 is 0. The number of nitrogens with zero attached hydrogens (tertiary/aromatic N) is 3. The fraction of sp³-hybridized carbons (Fsp3) is 0.810. The third kappa shape index (κ3) is 22.1. The molecule has 0 spiro atoms. The minimum Gasteiger partial charge on any atom is -0.480 e. The van der Waals surface area contributed by atoms with Gasteiger partial charge in [0.2, 0.25) is 59.1 Å². The molecule has 3 heterocycles. The molecule has 3 rings (SSSR count). The lowest BCUT2D eigenvalue weighted by molar-refractivity contribution is -0.145. The number of hydrogen-bond donors (Lipinski definition) is 12. The normalized spacial score (nSPS) is 20.4. The molecule has 3 fully saturated rings. The van der Waals surface area contributed by atoms with Crippen molar-refractivity contribution in [3.63, 3.8) is 0 Å². The quantitative estimate of drug-likeness (QED) is 0.0361. The van der Waals surface area contributed by atoms with E-state index in [9.17, 15) is 68.1 Å². The molecule has 26 heteroatoms. The Kier molecular flexibility index (Phi) is 30.0. The molecule has 10 amide bonds. The molecule has 0 aromatic carbocycles. The van der Waals surface area contributed by atoms with E-state index in [1.807, 2.05) is 55.4 Å². The number of hydrogen-bond acceptors (Lipinski definition) is 15. The predicted molar refractivity (Wildman–Crippen MR) is 312 cm³/mol. The smallest absolute Gasteiger partial charge is 0.326 e. The van der Waals surface area contributed by atoms with Crippen LogP contribution in [0.1, 0.15) is 166 Å². The summed E-state index contributed by atoms with van der Waals surface area (Å²) in [6.07, 6.45) is 2.43. The average molecular weight is 1190 g/mol. The second kappa shape index (κ2) is 34.8. The molecule has 3 saturated heterocycles. The lowest BCUT2D eigenvalue weighted by atomic mass is 9.99. The van der Waals surface area contributed by atoms with Gasteiger partial charge in [-0.25, -0.2) is 4.79 Å². The van der Waals surface area contributed by atoms with Gasteiger partial charge in [0.15, 0.2) is 0 Å². The first-order valence-corrected chi connectivity index (χ1v) is 30.4. The van der Waals surface area contributed by atoms with E-state index in [0.29, 0.717) is 38.5 Å². The van der Waals surface area contributed by atoms with E-state index in [1.165, 1.54) is 21.6 Å². The van der Waals surface area contributed by atoms with Crippen LogP contribution in [-0.2, 0) is 52.7 Å². The number of aliphatic hydroxyl groups excluding tert-OH is 2. The highest BCUT2D eigenvalue weighted by Crippen LogP contribution is 2.25. The molecule has 478 valence electrons.